The van der Waals surface area contributed by atoms with E-state index in [1.54, 1.807) is 0 Å². The average Bonchev–Trinajstić information content (AvgIpc) is 3.08. The highest BCUT2D eigenvalue weighted by molar-refractivity contribution is 5.84. The molecule has 4 heteroatoms. The molecule has 0 bridgehead atoms. The van der Waals surface area contributed by atoms with Gasteiger partial charge in [0, 0.05) is 23.4 Å². The molecule has 0 unspecified atom stereocenters. The number of ether oxygens (including phenoxy) is 1. The second-order valence-corrected chi connectivity index (χ2v) is 5.59. The van der Waals surface area contributed by atoms with Crippen molar-refractivity contribution in [3.63, 3.8) is 0 Å². The molecule has 0 atom stereocenters. The van der Waals surface area contributed by atoms with Gasteiger partial charge in [-0.25, -0.2) is 0 Å². The van der Waals surface area contributed by atoms with E-state index in [0.717, 1.165) is 41.4 Å². The fraction of sp³-hybridized carbons (Fsp3) is 0.353. The van der Waals surface area contributed by atoms with Gasteiger partial charge in [-0.05, 0) is 44.4 Å². The maximum absolute atomic E-state index is 5.93. The number of benzene rings is 1. The third kappa shape index (κ3) is 2.31. The molecular formula is C17H17NO3. The second kappa shape index (κ2) is 4.95. The minimum absolute atomic E-state index is 0.395. The first-order valence-electron chi connectivity index (χ1n) is 7.39. The molecule has 1 aromatic carbocycles. The van der Waals surface area contributed by atoms with Crippen molar-refractivity contribution in [3.8, 4) is 5.75 Å². The van der Waals surface area contributed by atoms with Crippen LogP contribution in [0, 0.1) is 6.92 Å². The van der Waals surface area contributed by atoms with Crippen LogP contribution in [0.25, 0.3) is 11.0 Å². The zero-order valence-electron chi connectivity index (χ0n) is 12.0. The highest BCUT2D eigenvalue weighted by Gasteiger charge is 2.18. The van der Waals surface area contributed by atoms with Gasteiger partial charge in [-0.15, -0.1) is 0 Å². The Hall–Kier alpha value is -2.23. The fourth-order valence-electron chi connectivity index (χ4n) is 2.97. The first-order valence-corrected chi connectivity index (χ1v) is 7.39. The summed E-state index contributed by atoms with van der Waals surface area (Å²) < 4.78 is 16.9. The minimum atomic E-state index is 0.395. The van der Waals surface area contributed by atoms with Crippen molar-refractivity contribution in [1.82, 2.24) is 5.16 Å². The summed E-state index contributed by atoms with van der Waals surface area (Å²) in [5, 5.41) is 5.05. The number of fused-ring (bicyclic) bond motifs is 3. The highest BCUT2D eigenvalue weighted by Crippen LogP contribution is 2.34. The van der Waals surface area contributed by atoms with E-state index in [0.29, 0.717) is 6.61 Å². The van der Waals surface area contributed by atoms with Gasteiger partial charge in [-0.3, -0.25) is 0 Å². The average molecular weight is 283 g/mol. The molecule has 108 valence electrons. The third-order valence-electron chi connectivity index (χ3n) is 3.98. The van der Waals surface area contributed by atoms with Crippen molar-refractivity contribution in [3.05, 3.63) is 47.0 Å². The van der Waals surface area contributed by atoms with Crippen molar-refractivity contribution in [2.75, 3.05) is 0 Å². The summed E-state index contributed by atoms with van der Waals surface area (Å²) in [5.41, 5.74) is 3.19. The molecule has 0 N–H and O–H groups in total. The van der Waals surface area contributed by atoms with Crippen LogP contribution in [-0.2, 0) is 19.4 Å². The monoisotopic (exact) mass is 283 g/mol. The molecule has 4 nitrogen and oxygen atoms in total. The molecule has 0 amide bonds. The topological polar surface area (TPSA) is 48.4 Å². The summed E-state index contributed by atoms with van der Waals surface area (Å²) in [5.74, 6) is 2.73. The van der Waals surface area contributed by atoms with Crippen LogP contribution in [0.15, 0.2) is 33.2 Å². The number of hydrogen-bond donors (Lipinski definition) is 0. The van der Waals surface area contributed by atoms with E-state index in [1.807, 2.05) is 25.1 Å². The lowest BCUT2D eigenvalue weighted by Crippen LogP contribution is -1.98. The number of furan rings is 1. The van der Waals surface area contributed by atoms with E-state index in [9.17, 15) is 0 Å². The van der Waals surface area contributed by atoms with Gasteiger partial charge >= 0.3 is 0 Å². The van der Waals surface area contributed by atoms with Crippen LogP contribution in [0.2, 0.25) is 0 Å². The molecule has 2 aromatic heterocycles. The van der Waals surface area contributed by atoms with Crippen LogP contribution < -0.4 is 4.74 Å². The lowest BCUT2D eigenvalue weighted by atomic mass is 9.96. The van der Waals surface area contributed by atoms with E-state index >= 15 is 0 Å². The van der Waals surface area contributed by atoms with Gasteiger partial charge in [-0.2, -0.15) is 0 Å². The summed E-state index contributed by atoms with van der Waals surface area (Å²) in [6, 6.07) is 7.90. The maximum atomic E-state index is 5.93. The van der Waals surface area contributed by atoms with E-state index in [-0.39, 0.29) is 0 Å². The molecule has 1 aliphatic carbocycles. The van der Waals surface area contributed by atoms with Gasteiger partial charge in [0.05, 0.1) is 5.69 Å². The van der Waals surface area contributed by atoms with Gasteiger partial charge in [0.2, 0.25) is 0 Å². The Labute approximate surface area is 122 Å². The SMILES string of the molecule is Cc1cc(COc2ccc3oc4c(c3c2)CCCC4)on1. The molecule has 2 heterocycles. The molecule has 21 heavy (non-hydrogen) atoms. The van der Waals surface area contributed by atoms with Crippen LogP contribution in [0.3, 0.4) is 0 Å². The van der Waals surface area contributed by atoms with Crippen molar-refractivity contribution >= 4 is 11.0 Å². The first-order chi connectivity index (χ1) is 10.3. The van der Waals surface area contributed by atoms with E-state index in [4.69, 9.17) is 13.7 Å². The molecule has 0 saturated heterocycles. The van der Waals surface area contributed by atoms with Crippen molar-refractivity contribution in [2.24, 2.45) is 0 Å². The van der Waals surface area contributed by atoms with Crippen LogP contribution in [0.4, 0.5) is 0 Å². The summed E-state index contributed by atoms with van der Waals surface area (Å²) in [6.45, 7) is 2.29. The Morgan fingerprint density at radius 2 is 2.10 bits per heavy atom. The van der Waals surface area contributed by atoms with E-state index in [1.165, 1.54) is 23.8 Å². The van der Waals surface area contributed by atoms with Crippen LogP contribution in [-0.4, -0.2) is 5.16 Å². The Bertz CT molecular complexity index is 785. The van der Waals surface area contributed by atoms with Gasteiger partial charge in [0.1, 0.15) is 23.7 Å². The smallest absolute Gasteiger partial charge is 0.174 e. The zero-order valence-corrected chi connectivity index (χ0v) is 12.0. The molecule has 0 saturated carbocycles. The molecular weight excluding hydrogens is 266 g/mol. The Kier molecular flexibility index (Phi) is 2.95. The van der Waals surface area contributed by atoms with Gasteiger partial charge in [-0.1, -0.05) is 5.16 Å². The van der Waals surface area contributed by atoms with Crippen LogP contribution in [0.5, 0.6) is 5.75 Å². The number of hydrogen-bond acceptors (Lipinski definition) is 4. The Balaban J connectivity index is 1.61. The van der Waals surface area contributed by atoms with Gasteiger partial charge in [0.15, 0.2) is 5.76 Å². The predicted octanol–water partition coefficient (Wildman–Crippen LogP) is 4.19. The zero-order chi connectivity index (χ0) is 14.2. The van der Waals surface area contributed by atoms with Crippen molar-refractivity contribution < 1.29 is 13.7 Å². The van der Waals surface area contributed by atoms with Gasteiger partial charge < -0.3 is 13.7 Å². The van der Waals surface area contributed by atoms with Crippen molar-refractivity contribution in [1.29, 1.82) is 0 Å². The molecule has 3 aromatic rings. The van der Waals surface area contributed by atoms with Crippen LogP contribution >= 0.6 is 0 Å². The maximum Gasteiger partial charge on any atom is 0.174 e. The fourth-order valence-corrected chi connectivity index (χ4v) is 2.97. The minimum Gasteiger partial charge on any atom is -0.486 e. The predicted molar refractivity (Wildman–Crippen MR) is 78.4 cm³/mol. The van der Waals surface area contributed by atoms with E-state index in [2.05, 4.69) is 11.2 Å². The standard InChI is InChI=1S/C17H17NO3/c1-11-8-13(21-18-11)10-19-12-6-7-17-15(9-12)14-4-2-3-5-16(14)20-17/h6-9H,2-5,10H2,1H3. The summed E-state index contributed by atoms with van der Waals surface area (Å²) in [4.78, 5) is 0. The first kappa shape index (κ1) is 12.5. The number of rotatable bonds is 3. The summed E-state index contributed by atoms with van der Waals surface area (Å²) >= 11 is 0. The summed E-state index contributed by atoms with van der Waals surface area (Å²) in [6.07, 6.45) is 4.62. The normalized spacial score (nSPS) is 14.3. The molecule has 0 fully saturated rings. The van der Waals surface area contributed by atoms with E-state index < -0.39 is 0 Å². The lowest BCUT2D eigenvalue weighted by molar-refractivity contribution is 0.249. The third-order valence-corrected chi connectivity index (χ3v) is 3.98. The molecule has 0 radical (unpaired) electrons. The lowest BCUT2D eigenvalue weighted by Gasteiger charge is -2.09. The highest BCUT2D eigenvalue weighted by atomic mass is 16.5. The molecule has 1 aliphatic rings. The van der Waals surface area contributed by atoms with Crippen molar-refractivity contribution in [2.45, 2.75) is 39.2 Å². The van der Waals surface area contributed by atoms with Crippen LogP contribution in [0.1, 0.15) is 35.6 Å². The quantitative estimate of drug-likeness (QED) is 0.723. The molecule has 0 spiro atoms. The summed E-state index contributed by atoms with van der Waals surface area (Å²) in [7, 11) is 0. The second-order valence-electron chi connectivity index (χ2n) is 5.59. The van der Waals surface area contributed by atoms with Gasteiger partial charge in [0.25, 0.3) is 0 Å². The Morgan fingerprint density at radius 3 is 2.95 bits per heavy atom. The number of aryl methyl sites for hydroxylation is 3. The number of aromatic nitrogens is 1. The molecule has 4 rings (SSSR count). The number of nitrogens with zero attached hydrogens (tertiary/aromatic N) is 1. The Morgan fingerprint density at radius 1 is 1.19 bits per heavy atom. The molecule has 0 aliphatic heterocycles. The largest absolute Gasteiger partial charge is 0.486 e.